The molecule has 0 saturated heterocycles. The Morgan fingerprint density at radius 2 is 2.20 bits per heavy atom. The molecule has 2 nitrogen and oxygen atoms in total. The molecular weight excluding hydrogens is 250 g/mol. The summed E-state index contributed by atoms with van der Waals surface area (Å²) in [5.74, 6) is 0. The first-order chi connectivity index (χ1) is 7.04. The molecule has 0 aromatic carbocycles. The van der Waals surface area contributed by atoms with Gasteiger partial charge in [0.2, 0.25) is 0 Å². The summed E-state index contributed by atoms with van der Waals surface area (Å²) in [6, 6.07) is 3.89. The Morgan fingerprint density at radius 3 is 2.60 bits per heavy atom. The van der Waals surface area contributed by atoms with Crippen molar-refractivity contribution < 1.29 is 5.11 Å². The van der Waals surface area contributed by atoms with Crippen LogP contribution in [0.4, 0.5) is 0 Å². The summed E-state index contributed by atoms with van der Waals surface area (Å²) in [6.45, 7) is 4.37. The van der Waals surface area contributed by atoms with Crippen molar-refractivity contribution in [1.82, 2.24) is 0 Å². The number of thioether (sulfide) groups is 1. The predicted molar refractivity (Wildman–Crippen MR) is 69.9 cm³/mol. The highest BCUT2D eigenvalue weighted by Crippen LogP contribution is 2.37. The topological polar surface area (TPSA) is 46.2 Å². The largest absolute Gasteiger partial charge is 0.392 e. The summed E-state index contributed by atoms with van der Waals surface area (Å²) in [6.07, 6.45) is -0.320. The van der Waals surface area contributed by atoms with E-state index in [1.54, 1.807) is 30.0 Å². The van der Waals surface area contributed by atoms with Gasteiger partial charge in [-0.2, -0.15) is 0 Å². The van der Waals surface area contributed by atoms with Gasteiger partial charge in [-0.05, 0) is 19.1 Å². The van der Waals surface area contributed by atoms with E-state index in [9.17, 15) is 5.11 Å². The summed E-state index contributed by atoms with van der Waals surface area (Å²) >= 11 is 9.13. The number of halogens is 1. The molecule has 0 saturated carbocycles. The third kappa shape index (κ3) is 3.96. The molecule has 0 aliphatic carbocycles. The van der Waals surface area contributed by atoms with Crippen molar-refractivity contribution in [3.8, 4) is 0 Å². The second kappa shape index (κ2) is 6.11. The van der Waals surface area contributed by atoms with Gasteiger partial charge in [0, 0.05) is 16.7 Å². The zero-order valence-electron chi connectivity index (χ0n) is 8.81. The molecule has 1 heterocycles. The predicted octanol–water partition coefficient (Wildman–Crippen LogP) is 2.90. The van der Waals surface area contributed by atoms with E-state index in [2.05, 4.69) is 0 Å². The van der Waals surface area contributed by atoms with Gasteiger partial charge in [-0.15, -0.1) is 23.1 Å². The molecular formula is C10H16ClNOS2. The van der Waals surface area contributed by atoms with E-state index in [1.807, 2.05) is 19.1 Å². The number of thiophene rings is 1. The molecule has 3 N–H and O–H groups in total. The lowest BCUT2D eigenvalue weighted by molar-refractivity contribution is 0.196. The Hall–Kier alpha value is 0.260. The van der Waals surface area contributed by atoms with Gasteiger partial charge in [0.1, 0.15) is 0 Å². The zero-order valence-corrected chi connectivity index (χ0v) is 11.2. The van der Waals surface area contributed by atoms with Gasteiger partial charge in [0.15, 0.2) is 0 Å². The minimum atomic E-state index is -0.320. The maximum absolute atomic E-state index is 9.43. The van der Waals surface area contributed by atoms with Gasteiger partial charge in [0.25, 0.3) is 0 Å². The summed E-state index contributed by atoms with van der Waals surface area (Å²) in [5.41, 5.74) is 5.72. The van der Waals surface area contributed by atoms with Crippen molar-refractivity contribution >= 4 is 34.7 Å². The highest BCUT2D eigenvalue weighted by Gasteiger charge is 2.18. The summed E-state index contributed by atoms with van der Waals surface area (Å²) in [7, 11) is 0. The van der Waals surface area contributed by atoms with Gasteiger partial charge in [-0.1, -0.05) is 18.5 Å². The fourth-order valence-corrected chi connectivity index (χ4v) is 3.55. The second-order valence-corrected chi connectivity index (χ2v) is 6.78. The van der Waals surface area contributed by atoms with Crippen LogP contribution in [-0.2, 0) is 0 Å². The molecule has 0 aliphatic rings. The quantitative estimate of drug-likeness (QED) is 0.861. The maximum atomic E-state index is 9.43. The number of hydrogen-bond donors (Lipinski definition) is 2. The van der Waals surface area contributed by atoms with Crippen molar-refractivity contribution in [3.05, 3.63) is 21.3 Å². The number of nitrogens with two attached hydrogens (primary N) is 1. The molecule has 0 spiro atoms. The van der Waals surface area contributed by atoms with Gasteiger partial charge >= 0.3 is 0 Å². The van der Waals surface area contributed by atoms with Crippen LogP contribution in [-0.4, -0.2) is 23.0 Å². The third-order valence-electron chi connectivity index (χ3n) is 2.18. The van der Waals surface area contributed by atoms with Crippen LogP contribution in [0.2, 0.25) is 4.34 Å². The average molecular weight is 266 g/mol. The first kappa shape index (κ1) is 13.3. The maximum Gasteiger partial charge on any atom is 0.0931 e. The average Bonchev–Trinajstić information content (AvgIpc) is 2.60. The van der Waals surface area contributed by atoms with Crippen molar-refractivity contribution in [2.45, 2.75) is 30.5 Å². The van der Waals surface area contributed by atoms with Gasteiger partial charge in [0.05, 0.1) is 15.7 Å². The molecule has 0 bridgehead atoms. The molecule has 86 valence electrons. The van der Waals surface area contributed by atoms with Crippen LogP contribution in [0.1, 0.15) is 24.0 Å². The van der Waals surface area contributed by atoms with Crippen molar-refractivity contribution in [2.75, 3.05) is 6.54 Å². The van der Waals surface area contributed by atoms with E-state index in [-0.39, 0.29) is 16.6 Å². The molecule has 0 fully saturated rings. The molecule has 3 atom stereocenters. The number of aliphatic hydroxyl groups is 1. The van der Waals surface area contributed by atoms with Crippen molar-refractivity contribution in [2.24, 2.45) is 5.73 Å². The molecule has 1 aromatic heterocycles. The van der Waals surface area contributed by atoms with Crippen LogP contribution in [0.25, 0.3) is 0 Å². The minimum Gasteiger partial charge on any atom is -0.392 e. The molecule has 1 rings (SSSR count). The van der Waals surface area contributed by atoms with E-state index < -0.39 is 0 Å². The van der Waals surface area contributed by atoms with Crippen LogP contribution in [0.15, 0.2) is 12.1 Å². The Kier molecular flexibility index (Phi) is 5.43. The Balaban J connectivity index is 2.64. The van der Waals surface area contributed by atoms with Crippen LogP contribution in [0.5, 0.6) is 0 Å². The zero-order chi connectivity index (χ0) is 11.4. The molecule has 0 aliphatic heterocycles. The first-order valence-electron chi connectivity index (χ1n) is 4.83. The van der Waals surface area contributed by atoms with Crippen molar-refractivity contribution in [3.63, 3.8) is 0 Å². The minimum absolute atomic E-state index is 0.180. The molecule has 0 amide bonds. The van der Waals surface area contributed by atoms with Crippen molar-refractivity contribution in [1.29, 1.82) is 0 Å². The van der Waals surface area contributed by atoms with E-state index >= 15 is 0 Å². The monoisotopic (exact) mass is 265 g/mol. The van der Waals surface area contributed by atoms with E-state index in [4.69, 9.17) is 17.3 Å². The van der Waals surface area contributed by atoms with E-state index in [0.717, 1.165) is 4.34 Å². The van der Waals surface area contributed by atoms with Gasteiger partial charge in [-0.3, -0.25) is 0 Å². The summed E-state index contributed by atoms with van der Waals surface area (Å²) in [4.78, 5) is 1.18. The van der Waals surface area contributed by atoms with Gasteiger partial charge < -0.3 is 10.8 Å². The SMILES string of the molecule is CC(O)C(C)SC(CN)c1ccc(Cl)s1. The molecule has 5 heteroatoms. The first-order valence-corrected chi connectivity index (χ1v) is 6.97. The normalized spacial score (nSPS) is 17.4. The summed E-state index contributed by atoms with van der Waals surface area (Å²) < 4.78 is 0.786. The van der Waals surface area contributed by atoms with Crippen LogP contribution in [0.3, 0.4) is 0 Å². The Labute approximate surface area is 104 Å². The lowest BCUT2D eigenvalue weighted by Gasteiger charge is -2.20. The Bertz CT molecular complexity index is 303. The standard InChI is InChI=1S/C10H16ClNOS2/c1-6(13)7(2)14-9(5-12)8-3-4-10(11)15-8/h3-4,6-7,9,13H,5,12H2,1-2H3. The van der Waals surface area contributed by atoms with E-state index in [0.29, 0.717) is 6.54 Å². The fourth-order valence-electron chi connectivity index (χ4n) is 1.11. The highest BCUT2D eigenvalue weighted by molar-refractivity contribution is 8.00. The lowest BCUT2D eigenvalue weighted by Crippen LogP contribution is -2.19. The molecule has 0 radical (unpaired) electrons. The van der Waals surface area contributed by atoms with Crippen LogP contribution < -0.4 is 5.73 Å². The number of hydrogen-bond acceptors (Lipinski definition) is 4. The van der Waals surface area contributed by atoms with E-state index in [1.165, 1.54) is 4.88 Å². The van der Waals surface area contributed by atoms with Crippen LogP contribution >= 0.6 is 34.7 Å². The Morgan fingerprint density at radius 1 is 1.53 bits per heavy atom. The second-order valence-electron chi connectivity index (χ2n) is 3.45. The number of aliphatic hydroxyl groups excluding tert-OH is 1. The fraction of sp³-hybridized carbons (Fsp3) is 0.600. The third-order valence-corrected chi connectivity index (χ3v) is 5.28. The molecule has 3 unspecified atom stereocenters. The highest BCUT2D eigenvalue weighted by atomic mass is 35.5. The summed E-state index contributed by atoms with van der Waals surface area (Å²) in [5, 5.41) is 9.84. The smallest absolute Gasteiger partial charge is 0.0931 e. The molecule has 15 heavy (non-hydrogen) atoms. The van der Waals surface area contributed by atoms with Gasteiger partial charge in [-0.25, -0.2) is 0 Å². The lowest BCUT2D eigenvalue weighted by atomic mass is 10.3. The van der Waals surface area contributed by atoms with Crippen LogP contribution in [0, 0.1) is 0 Å². The number of rotatable bonds is 5. The molecule has 1 aromatic rings.